The van der Waals surface area contributed by atoms with Crippen LogP contribution in [0.25, 0.3) is 0 Å². The summed E-state index contributed by atoms with van der Waals surface area (Å²) >= 11 is 0. The second-order valence-electron chi connectivity index (χ2n) is 9.83. The number of aliphatic hydroxyl groups excluding tert-OH is 3. The van der Waals surface area contributed by atoms with Gasteiger partial charge >= 0.3 is 11.9 Å². The van der Waals surface area contributed by atoms with Gasteiger partial charge in [0.15, 0.2) is 5.60 Å². The minimum absolute atomic E-state index is 0.0169. The lowest BCUT2D eigenvalue weighted by atomic mass is 9.50. The molecule has 5 aliphatic rings. The maximum absolute atomic E-state index is 12.8. The molecule has 0 aromatic rings. The van der Waals surface area contributed by atoms with Crippen LogP contribution in [0, 0.1) is 23.2 Å². The van der Waals surface area contributed by atoms with Gasteiger partial charge in [-0.1, -0.05) is 6.92 Å². The van der Waals surface area contributed by atoms with Crippen molar-refractivity contribution in [3.63, 3.8) is 0 Å². The molecule has 28 heavy (non-hydrogen) atoms. The number of fused-ring (bicyclic) bond motifs is 2. The topological polar surface area (TPSA) is 143 Å². The summed E-state index contributed by atoms with van der Waals surface area (Å²) in [5, 5.41) is 44.1. The van der Waals surface area contributed by atoms with Crippen molar-refractivity contribution in [3.05, 3.63) is 0 Å². The van der Waals surface area contributed by atoms with Gasteiger partial charge in [0.25, 0.3) is 0 Å². The fraction of sp³-hybridized carbons (Fsp3) is 0.895. The number of carbonyl (C=O) groups excluding carboxylic acids is 2. The van der Waals surface area contributed by atoms with Crippen LogP contribution in [0.5, 0.6) is 0 Å². The number of carbonyl (C=O) groups is 2. The van der Waals surface area contributed by atoms with Gasteiger partial charge in [-0.2, -0.15) is 0 Å². The van der Waals surface area contributed by atoms with Crippen molar-refractivity contribution in [2.24, 2.45) is 23.2 Å². The molecule has 3 saturated heterocycles. The maximum atomic E-state index is 12.8. The van der Waals surface area contributed by atoms with Crippen LogP contribution in [0.3, 0.4) is 0 Å². The highest BCUT2D eigenvalue weighted by Crippen LogP contribution is 2.74. The Kier molecular flexibility index (Phi) is 3.28. The molecule has 2 bridgehead atoms. The van der Waals surface area contributed by atoms with E-state index in [4.69, 9.17) is 14.2 Å². The molecule has 5 fully saturated rings. The summed E-state index contributed by atoms with van der Waals surface area (Å²) in [6.07, 6.45) is -5.75. The smallest absolute Gasteiger partial charge is 0.313 e. The first-order valence-electron chi connectivity index (χ1n) is 9.72. The highest BCUT2D eigenvalue weighted by atomic mass is 16.6. The average Bonchev–Trinajstić information content (AvgIpc) is 3.17. The minimum atomic E-state index is -2.01. The first-order chi connectivity index (χ1) is 12.8. The Morgan fingerprint density at radius 2 is 1.71 bits per heavy atom. The molecule has 0 aromatic carbocycles. The monoisotopic (exact) mass is 398 g/mol. The number of rotatable bonds is 1. The van der Waals surface area contributed by atoms with Crippen molar-refractivity contribution in [1.29, 1.82) is 0 Å². The molecule has 0 aromatic heterocycles. The second-order valence-corrected chi connectivity index (χ2v) is 9.83. The van der Waals surface area contributed by atoms with Crippen molar-refractivity contribution in [2.45, 2.75) is 81.4 Å². The number of hydrogen-bond acceptors (Lipinski definition) is 9. The molecule has 4 N–H and O–H groups in total. The highest BCUT2D eigenvalue weighted by molar-refractivity contribution is 5.80. The van der Waals surface area contributed by atoms with Gasteiger partial charge < -0.3 is 34.6 Å². The average molecular weight is 398 g/mol. The summed E-state index contributed by atoms with van der Waals surface area (Å²) in [7, 11) is 0. The number of ether oxygens (including phenoxy) is 3. The van der Waals surface area contributed by atoms with E-state index in [2.05, 4.69) is 0 Å². The first-order valence-corrected chi connectivity index (χ1v) is 9.72. The lowest BCUT2D eigenvalue weighted by Gasteiger charge is -2.58. The van der Waals surface area contributed by atoms with Crippen LogP contribution in [0.1, 0.15) is 34.1 Å². The van der Waals surface area contributed by atoms with Gasteiger partial charge in [-0.15, -0.1) is 0 Å². The zero-order valence-electron chi connectivity index (χ0n) is 16.2. The van der Waals surface area contributed by atoms with Crippen LogP contribution in [-0.4, -0.2) is 79.7 Å². The lowest BCUT2D eigenvalue weighted by molar-refractivity contribution is -0.297. The third kappa shape index (κ3) is 1.59. The fourth-order valence-corrected chi connectivity index (χ4v) is 7.06. The van der Waals surface area contributed by atoms with Gasteiger partial charge in [-0.25, -0.2) is 0 Å². The van der Waals surface area contributed by atoms with Crippen molar-refractivity contribution in [1.82, 2.24) is 0 Å². The van der Waals surface area contributed by atoms with E-state index in [0.29, 0.717) is 0 Å². The van der Waals surface area contributed by atoms with Gasteiger partial charge in [0, 0.05) is 12.3 Å². The Balaban J connectivity index is 1.70. The number of hydrogen-bond donors (Lipinski definition) is 4. The minimum Gasteiger partial charge on any atom is -0.459 e. The Morgan fingerprint density at radius 1 is 1.07 bits per heavy atom. The molecule has 9 heteroatoms. The van der Waals surface area contributed by atoms with E-state index in [1.54, 1.807) is 20.8 Å². The van der Waals surface area contributed by atoms with E-state index in [9.17, 15) is 30.0 Å². The molecule has 3 aliphatic heterocycles. The van der Waals surface area contributed by atoms with E-state index >= 15 is 0 Å². The largest absolute Gasteiger partial charge is 0.459 e. The number of cyclic esters (lactones) is 1. The van der Waals surface area contributed by atoms with E-state index in [-0.39, 0.29) is 6.42 Å². The molecule has 3 heterocycles. The number of aliphatic hydroxyl groups is 4. The summed E-state index contributed by atoms with van der Waals surface area (Å²) in [5.41, 5.74) is -5.98. The zero-order valence-corrected chi connectivity index (χ0v) is 16.2. The second kappa shape index (κ2) is 4.89. The van der Waals surface area contributed by atoms with Gasteiger partial charge in [0.1, 0.15) is 23.4 Å². The summed E-state index contributed by atoms with van der Waals surface area (Å²) in [6, 6.07) is 0. The summed E-state index contributed by atoms with van der Waals surface area (Å²) in [6.45, 7) is 6.36. The van der Waals surface area contributed by atoms with Gasteiger partial charge in [-0.3, -0.25) is 9.59 Å². The van der Waals surface area contributed by atoms with Gasteiger partial charge in [0.2, 0.25) is 0 Å². The first kappa shape index (κ1) is 18.7. The van der Waals surface area contributed by atoms with Crippen molar-refractivity contribution in [2.75, 3.05) is 0 Å². The van der Waals surface area contributed by atoms with E-state index < -0.39 is 82.4 Å². The molecule has 5 rings (SSSR count). The molecule has 11 atom stereocenters. The van der Waals surface area contributed by atoms with Gasteiger partial charge in [0.05, 0.1) is 35.6 Å². The summed E-state index contributed by atoms with van der Waals surface area (Å²) in [5.74, 6) is -4.18. The molecule has 0 radical (unpaired) electrons. The Labute approximate surface area is 161 Å². The zero-order chi connectivity index (χ0) is 20.6. The van der Waals surface area contributed by atoms with Crippen LogP contribution < -0.4 is 0 Å². The molecule has 0 amide bonds. The summed E-state index contributed by atoms with van der Waals surface area (Å²) < 4.78 is 17.2. The highest BCUT2D eigenvalue weighted by Gasteiger charge is 2.92. The third-order valence-corrected chi connectivity index (χ3v) is 8.39. The number of esters is 2. The van der Waals surface area contributed by atoms with E-state index in [1.807, 2.05) is 0 Å². The van der Waals surface area contributed by atoms with Crippen molar-refractivity contribution in [3.8, 4) is 0 Å². The van der Waals surface area contributed by atoms with Gasteiger partial charge in [-0.05, 0) is 20.8 Å². The van der Waals surface area contributed by atoms with Crippen LogP contribution >= 0.6 is 0 Å². The molecular weight excluding hydrogens is 372 g/mol. The Morgan fingerprint density at radius 3 is 2.29 bits per heavy atom. The molecule has 2 saturated carbocycles. The molecule has 9 nitrogen and oxygen atoms in total. The van der Waals surface area contributed by atoms with Crippen LogP contribution in [0.4, 0.5) is 0 Å². The standard InChI is InChI=1S/C19H26O9/c1-6(20)7-5-18(28-14(7)23)13-11(22)19(25)9-8(16(2,3)27-15(9)24)10(21)12(26-13)17(18,19)4/h6-13,20-22,25H,5H2,1-4H3/t6?,7-,8-,9+,10+,11-,12-,13-,17-,18+,19-/m0/s1. The quantitative estimate of drug-likeness (QED) is 0.388. The van der Waals surface area contributed by atoms with Crippen molar-refractivity contribution < 1.29 is 44.2 Å². The predicted octanol–water partition coefficient (Wildman–Crippen LogP) is -1.51. The third-order valence-electron chi connectivity index (χ3n) is 8.39. The van der Waals surface area contributed by atoms with Crippen LogP contribution in [0.15, 0.2) is 0 Å². The van der Waals surface area contributed by atoms with E-state index in [1.165, 1.54) is 6.92 Å². The van der Waals surface area contributed by atoms with Crippen molar-refractivity contribution >= 4 is 11.9 Å². The molecule has 2 aliphatic carbocycles. The Bertz CT molecular complexity index is 779. The molecule has 1 unspecified atom stereocenters. The fourth-order valence-electron chi connectivity index (χ4n) is 7.06. The normalized spacial score (nSPS) is 59.4. The SMILES string of the molecule is CC(O)[C@@H]1C[C@@]2(OC1=O)[C@H]1O[C@H]3[C@H](O)[C@@H]4[C@H](C(=O)OC4(C)C)[C@](O)([C@H]1O)[C@@]32C. The molecule has 156 valence electrons. The molecular formula is C19H26O9. The van der Waals surface area contributed by atoms with E-state index in [0.717, 1.165) is 0 Å². The Hall–Kier alpha value is -1.26. The molecule has 1 spiro atoms. The maximum Gasteiger partial charge on any atom is 0.313 e. The summed E-state index contributed by atoms with van der Waals surface area (Å²) in [4.78, 5) is 25.3. The van der Waals surface area contributed by atoms with Crippen LogP contribution in [0.2, 0.25) is 0 Å². The predicted molar refractivity (Wildman–Crippen MR) is 89.5 cm³/mol. The lowest BCUT2D eigenvalue weighted by Crippen LogP contribution is -2.75. The van der Waals surface area contributed by atoms with Crippen LogP contribution in [-0.2, 0) is 23.8 Å².